The molecular weight excluding hydrogens is 458 g/mol. The second kappa shape index (κ2) is 9.17. The smallest absolute Gasteiger partial charge is 0.251 e. The van der Waals surface area contributed by atoms with Crippen LogP contribution in [0.15, 0.2) is 90.1 Å². The van der Waals surface area contributed by atoms with Gasteiger partial charge in [-0.2, -0.15) is 0 Å². The molecule has 5 aromatic rings. The number of halogens is 1. The molecule has 0 aliphatic heterocycles. The van der Waals surface area contributed by atoms with Crippen LogP contribution in [0.25, 0.3) is 22.0 Å². The van der Waals surface area contributed by atoms with Gasteiger partial charge in [-0.15, -0.1) is 6.42 Å². The molecule has 0 aliphatic rings. The number of rotatable bonds is 5. The third kappa shape index (κ3) is 4.32. The Morgan fingerprint density at radius 1 is 1.03 bits per heavy atom. The summed E-state index contributed by atoms with van der Waals surface area (Å²) >= 11 is 6.07. The zero-order valence-corrected chi connectivity index (χ0v) is 20.0. The van der Waals surface area contributed by atoms with E-state index in [1.807, 2.05) is 60.1 Å². The van der Waals surface area contributed by atoms with Crippen molar-refractivity contribution in [3.63, 3.8) is 0 Å². The molecule has 1 atom stereocenters. The zero-order chi connectivity index (χ0) is 24.5. The molecule has 2 heterocycles. The van der Waals surface area contributed by atoms with Crippen LogP contribution in [-0.4, -0.2) is 14.1 Å². The molecule has 0 fully saturated rings. The van der Waals surface area contributed by atoms with Crippen molar-refractivity contribution in [1.82, 2.24) is 14.1 Å². The second-order valence-corrected chi connectivity index (χ2v) is 8.77. The van der Waals surface area contributed by atoms with Crippen LogP contribution in [0, 0.1) is 12.3 Å². The highest BCUT2D eigenvalue weighted by atomic mass is 35.5. The number of pyridine rings is 1. The molecule has 3 aromatic carbocycles. The van der Waals surface area contributed by atoms with Crippen LogP contribution in [0.3, 0.4) is 0 Å². The van der Waals surface area contributed by atoms with E-state index in [0.717, 1.165) is 38.9 Å². The van der Waals surface area contributed by atoms with E-state index in [0.29, 0.717) is 10.8 Å². The third-order valence-corrected chi connectivity index (χ3v) is 6.36. The van der Waals surface area contributed by atoms with Crippen molar-refractivity contribution >= 4 is 22.5 Å². The fraction of sp³-hybridized carbons (Fsp3) is 0.103. The normalized spacial score (nSPS) is 11.8. The highest BCUT2D eigenvalue weighted by Crippen LogP contribution is 2.34. The summed E-state index contributed by atoms with van der Waals surface area (Å²) in [5, 5.41) is 1.56. The van der Waals surface area contributed by atoms with Crippen LogP contribution in [0.2, 0.25) is 5.02 Å². The van der Waals surface area contributed by atoms with Gasteiger partial charge in [0.1, 0.15) is 5.75 Å². The van der Waals surface area contributed by atoms with E-state index >= 15 is 0 Å². The Kier molecular flexibility index (Phi) is 5.90. The van der Waals surface area contributed by atoms with Crippen LogP contribution in [0.1, 0.15) is 22.9 Å². The number of aryl methyl sites for hydroxylation is 2. The molecule has 5 rings (SSSR count). The zero-order valence-electron chi connectivity index (χ0n) is 19.3. The lowest BCUT2D eigenvalue weighted by Crippen LogP contribution is -2.17. The lowest BCUT2D eigenvalue weighted by atomic mass is 9.96. The molecule has 2 aromatic heterocycles. The van der Waals surface area contributed by atoms with E-state index in [9.17, 15) is 4.79 Å². The Balaban J connectivity index is 1.71. The van der Waals surface area contributed by atoms with Crippen molar-refractivity contribution in [3.05, 3.63) is 118 Å². The highest BCUT2D eigenvalue weighted by molar-refractivity contribution is 6.30. The van der Waals surface area contributed by atoms with Gasteiger partial charge >= 0.3 is 0 Å². The molecule has 1 unspecified atom stereocenters. The van der Waals surface area contributed by atoms with Gasteiger partial charge in [-0.25, -0.2) is 4.98 Å². The van der Waals surface area contributed by atoms with Crippen LogP contribution in [-0.2, 0) is 14.1 Å². The van der Waals surface area contributed by atoms with Gasteiger partial charge in [0.05, 0.1) is 23.7 Å². The Morgan fingerprint density at radius 2 is 1.83 bits per heavy atom. The maximum atomic E-state index is 12.8. The maximum absolute atomic E-state index is 12.8. The molecule has 0 aliphatic carbocycles. The first-order chi connectivity index (χ1) is 16.9. The van der Waals surface area contributed by atoms with Gasteiger partial charge in [-0.1, -0.05) is 35.7 Å². The van der Waals surface area contributed by atoms with Crippen molar-refractivity contribution in [2.75, 3.05) is 0 Å². The number of fused-ring (bicyclic) bond motifs is 1. The van der Waals surface area contributed by atoms with E-state index in [2.05, 4.69) is 17.0 Å². The standard InChI is InChI=1S/C29H22ClN3O2/c1-4-19-6-5-7-20(14-19)24-16-28(34)33(3)26-13-8-21(15-25(24)26)29(27-17-31-18-32(27)2)35-23-11-9-22(30)10-12-23/h1,5-18,29H,2-3H3. The van der Waals surface area contributed by atoms with Crippen LogP contribution >= 0.6 is 11.6 Å². The molecule has 35 heavy (non-hydrogen) atoms. The lowest BCUT2D eigenvalue weighted by molar-refractivity contribution is 0.238. The number of ether oxygens (including phenoxy) is 1. The second-order valence-electron chi connectivity index (χ2n) is 8.34. The summed E-state index contributed by atoms with van der Waals surface area (Å²) < 4.78 is 10.0. The Labute approximate surface area is 208 Å². The van der Waals surface area contributed by atoms with Crippen LogP contribution < -0.4 is 10.3 Å². The number of terminal acetylenes is 1. The van der Waals surface area contributed by atoms with E-state index in [-0.39, 0.29) is 5.56 Å². The molecule has 0 radical (unpaired) electrons. The topological polar surface area (TPSA) is 49.1 Å². The van der Waals surface area contributed by atoms with Gasteiger partial charge in [-0.3, -0.25) is 4.79 Å². The predicted molar refractivity (Wildman–Crippen MR) is 140 cm³/mol. The van der Waals surface area contributed by atoms with Gasteiger partial charge in [0.2, 0.25) is 0 Å². The fourth-order valence-corrected chi connectivity index (χ4v) is 4.35. The van der Waals surface area contributed by atoms with E-state index in [1.54, 1.807) is 42.3 Å². The minimum Gasteiger partial charge on any atom is -0.479 e. The molecule has 6 heteroatoms. The summed E-state index contributed by atoms with van der Waals surface area (Å²) in [4.78, 5) is 17.1. The summed E-state index contributed by atoms with van der Waals surface area (Å²) in [6.45, 7) is 0. The first kappa shape index (κ1) is 22.5. The third-order valence-electron chi connectivity index (χ3n) is 6.10. The number of hydrogen-bond donors (Lipinski definition) is 0. The molecule has 0 saturated carbocycles. The highest BCUT2D eigenvalue weighted by Gasteiger charge is 2.21. The Bertz CT molecular complexity index is 1640. The summed E-state index contributed by atoms with van der Waals surface area (Å²) in [5.74, 6) is 3.36. The number of imidazole rings is 1. The van der Waals surface area contributed by atoms with Crippen molar-refractivity contribution in [2.24, 2.45) is 14.1 Å². The first-order valence-corrected chi connectivity index (χ1v) is 11.4. The minimum atomic E-state index is -0.435. The minimum absolute atomic E-state index is 0.0908. The van der Waals surface area contributed by atoms with Crippen molar-refractivity contribution in [3.8, 4) is 29.2 Å². The van der Waals surface area contributed by atoms with Gasteiger partial charge in [0.25, 0.3) is 5.56 Å². The maximum Gasteiger partial charge on any atom is 0.251 e. The first-order valence-electron chi connectivity index (χ1n) is 11.0. The average molecular weight is 480 g/mol. The number of nitrogens with zero attached hydrogens (tertiary/aromatic N) is 3. The monoisotopic (exact) mass is 479 g/mol. The van der Waals surface area contributed by atoms with E-state index < -0.39 is 6.10 Å². The van der Waals surface area contributed by atoms with E-state index in [1.165, 1.54) is 0 Å². The van der Waals surface area contributed by atoms with Crippen molar-refractivity contribution in [2.45, 2.75) is 6.10 Å². The molecule has 0 spiro atoms. The molecule has 0 N–H and O–H groups in total. The van der Waals surface area contributed by atoms with Gasteiger partial charge in [0, 0.05) is 36.1 Å². The van der Waals surface area contributed by atoms with Crippen LogP contribution in [0.5, 0.6) is 5.75 Å². The molecule has 0 saturated heterocycles. The quantitative estimate of drug-likeness (QED) is 0.302. The molecular formula is C29H22ClN3O2. The van der Waals surface area contributed by atoms with Gasteiger partial charge in [0.15, 0.2) is 6.10 Å². The summed E-state index contributed by atoms with van der Waals surface area (Å²) in [6.07, 6.45) is 8.73. The van der Waals surface area contributed by atoms with Crippen molar-refractivity contribution < 1.29 is 4.74 Å². The molecule has 5 nitrogen and oxygen atoms in total. The van der Waals surface area contributed by atoms with E-state index in [4.69, 9.17) is 22.8 Å². The van der Waals surface area contributed by atoms with Crippen LogP contribution in [0.4, 0.5) is 0 Å². The fourth-order valence-electron chi connectivity index (χ4n) is 4.23. The largest absolute Gasteiger partial charge is 0.479 e. The summed E-state index contributed by atoms with van der Waals surface area (Å²) in [5.41, 5.74) is 4.99. The summed E-state index contributed by atoms with van der Waals surface area (Å²) in [7, 11) is 3.71. The Morgan fingerprint density at radius 3 is 2.54 bits per heavy atom. The Hall–Kier alpha value is -4.27. The summed E-state index contributed by atoms with van der Waals surface area (Å²) in [6, 6.07) is 22.6. The van der Waals surface area contributed by atoms with Crippen molar-refractivity contribution in [1.29, 1.82) is 0 Å². The van der Waals surface area contributed by atoms with Gasteiger partial charge < -0.3 is 13.9 Å². The molecule has 172 valence electrons. The number of benzene rings is 3. The predicted octanol–water partition coefficient (Wildman–Crippen LogP) is 5.74. The lowest BCUT2D eigenvalue weighted by Gasteiger charge is -2.21. The van der Waals surface area contributed by atoms with Gasteiger partial charge in [-0.05, 0) is 65.2 Å². The molecule has 0 amide bonds. The molecule has 0 bridgehead atoms. The number of aromatic nitrogens is 3. The number of hydrogen-bond acceptors (Lipinski definition) is 3. The SMILES string of the molecule is C#Cc1cccc(-c2cc(=O)n(C)c3ccc(C(Oc4ccc(Cl)cc4)c4cncn4C)cc23)c1. The average Bonchev–Trinajstić information content (AvgIpc) is 3.31.